The lowest BCUT2D eigenvalue weighted by Gasteiger charge is -2.19. The number of pyridine rings is 2. The quantitative estimate of drug-likeness (QED) is 0.150. The number of carbonyl (C=O) groups is 1. The van der Waals surface area contributed by atoms with Gasteiger partial charge in [-0.25, -0.2) is 4.98 Å². The lowest BCUT2D eigenvalue weighted by atomic mass is 9.92. The fourth-order valence-electron chi connectivity index (χ4n) is 5.56. The Morgan fingerprint density at radius 2 is 1.84 bits per heavy atom. The van der Waals surface area contributed by atoms with E-state index >= 15 is 0 Å². The van der Waals surface area contributed by atoms with E-state index in [1.807, 2.05) is 50.4 Å². The fraction of sp³-hybridized carbons (Fsp3) is 0.139. The third-order valence-corrected chi connectivity index (χ3v) is 7.84. The lowest BCUT2D eigenvalue weighted by molar-refractivity contribution is 0.112. The number of aryl methyl sites for hydroxylation is 1. The van der Waals surface area contributed by atoms with Crippen LogP contribution in [0.1, 0.15) is 43.7 Å². The fourth-order valence-corrected chi connectivity index (χ4v) is 5.56. The Morgan fingerprint density at radius 3 is 2.59 bits per heavy atom. The number of ether oxygens (including phenoxy) is 1. The summed E-state index contributed by atoms with van der Waals surface area (Å²) < 4.78 is 6.17. The first-order valence-electron chi connectivity index (χ1n) is 14.2. The molecule has 1 aliphatic rings. The molecule has 8 nitrogen and oxygen atoms in total. The van der Waals surface area contributed by atoms with Crippen molar-refractivity contribution in [1.82, 2.24) is 15.3 Å². The molecule has 3 aromatic carbocycles. The first-order valence-corrected chi connectivity index (χ1v) is 14.2. The number of nitriles is 1. The zero-order valence-corrected chi connectivity index (χ0v) is 24.7. The minimum Gasteiger partial charge on any atom is -0.456 e. The van der Waals surface area contributed by atoms with Gasteiger partial charge in [0.25, 0.3) is 0 Å². The molecule has 5 aromatic rings. The van der Waals surface area contributed by atoms with Crippen molar-refractivity contribution >= 4 is 40.3 Å². The van der Waals surface area contributed by atoms with Crippen molar-refractivity contribution in [2.45, 2.75) is 20.8 Å². The molecule has 0 radical (unpaired) electrons. The number of aliphatic imine (C=N–C) groups is 1. The summed E-state index contributed by atoms with van der Waals surface area (Å²) in [6.07, 6.45) is 4.33. The smallest absolute Gasteiger partial charge is 0.156 e. The molecule has 0 aliphatic carbocycles. The van der Waals surface area contributed by atoms with E-state index < -0.39 is 0 Å². The molecule has 0 amide bonds. The minimum atomic E-state index is 0.286. The van der Waals surface area contributed by atoms with Crippen molar-refractivity contribution < 1.29 is 9.53 Å². The van der Waals surface area contributed by atoms with E-state index in [4.69, 9.17) is 9.72 Å². The zero-order valence-electron chi connectivity index (χ0n) is 24.7. The van der Waals surface area contributed by atoms with E-state index in [0.717, 1.165) is 75.2 Å². The second kappa shape index (κ2) is 11.8. The van der Waals surface area contributed by atoms with Gasteiger partial charge in [-0.15, -0.1) is 0 Å². The molecular formula is C36H30N6O2. The first kappa shape index (κ1) is 28.3. The Kier molecular flexibility index (Phi) is 7.61. The van der Waals surface area contributed by atoms with Gasteiger partial charge in [0.15, 0.2) is 5.82 Å². The molecule has 0 spiro atoms. The van der Waals surface area contributed by atoms with Gasteiger partial charge in [-0.3, -0.25) is 14.8 Å². The highest BCUT2D eigenvalue weighted by molar-refractivity contribution is 6.03. The minimum absolute atomic E-state index is 0.286. The van der Waals surface area contributed by atoms with E-state index in [0.29, 0.717) is 28.5 Å². The number of hydrogen-bond donors (Lipinski definition) is 2. The summed E-state index contributed by atoms with van der Waals surface area (Å²) >= 11 is 0. The Balaban J connectivity index is 1.31. The van der Waals surface area contributed by atoms with Crippen LogP contribution >= 0.6 is 0 Å². The van der Waals surface area contributed by atoms with Crippen LogP contribution in [0, 0.1) is 32.1 Å². The van der Waals surface area contributed by atoms with Gasteiger partial charge in [0.2, 0.25) is 0 Å². The molecule has 2 N–H and O–H groups in total. The van der Waals surface area contributed by atoms with Crippen LogP contribution in [0.3, 0.4) is 0 Å². The normalized spacial score (nSPS) is 12.3. The van der Waals surface area contributed by atoms with Gasteiger partial charge in [0, 0.05) is 46.7 Å². The third kappa shape index (κ3) is 5.27. The number of fused-ring (bicyclic) bond motifs is 1. The van der Waals surface area contributed by atoms with Crippen molar-refractivity contribution in [3.8, 4) is 22.9 Å². The molecule has 3 heterocycles. The van der Waals surface area contributed by atoms with Gasteiger partial charge in [-0.2, -0.15) is 5.26 Å². The SMILES string of the molecule is C=C(Oc1c(C)cc(C=O)cc1C#N)c1cccc(-c2cccc(Nc3nccc4cc(C5=NCCN5)cnc34)c2C)c1C. The predicted octanol–water partition coefficient (Wildman–Crippen LogP) is 7.05. The van der Waals surface area contributed by atoms with Crippen LogP contribution in [-0.4, -0.2) is 35.2 Å². The summed E-state index contributed by atoms with van der Waals surface area (Å²) in [5.74, 6) is 2.36. The van der Waals surface area contributed by atoms with Crippen LogP contribution < -0.4 is 15.4 Å². The van der Waals surface area contributed by atoms with Crippen LogP contribution in [0.2, 0.25) is 0 Å². The number of aromatic nitrogens is 2. The number of carbonyl (C=O) groups excluding carboxylic acids is 1. The number of nitrogens with zero attached hydrogens (tertiary/aromatic N) is 4. The molecule has 6 rings (SSSR count). The monoisotopic (exact) mass is 578 g/mol. The number of aldehydes is 1. The molecule has 44 heavy (non-hydrogen) atoms. The maximum absolute atomic E-state index is 11.3. The number of nitrogens with one attached hydrogen (secondary N) is 2. The summed E-state index contributed by atoms with van der Waals surface area (Å²) in [6, 6.07) is 21.5. The third-order valence-electron chi connectivity index (χ3n) is 7.84. The van der Waals surface area contributed by atoms with Crippen LogP contribution in [0.5, 0.6) is 5.75 Å². The van der Waals surface area contributed by atoms with Gasteiger partial charge in [-0.05, 0) is 78.9 Å². The highest BCUT2D eigenvalue weighted by atomic mass is 16.5. The van der Waals surface area contributed by atoms with Crippen LogP contribution in [0.15, 0.2) is 84.6 Å². The maximum atomic E-state index is 11.3. The van der Waals surface area contributed by atoms with Gasteiger partial charge in [0.1, 0.15) is 35.2 Å². The van der Waals surface area contributed by atoms with Crippen molar-refractivity contribution in [2.24, 2.45) is 4.99 Å². The first-order chi connectivity index (χ1) is 21.4. The predicted molar refractivity (Wildman–Crippen MR) is 175 cm³/mol. The molecule has 0 saturated carbocycles. The van der Waals surface area contributed by atoms with Crippen molar-refractivity contribution in [3.05, 3.63) is 119 Å². The van der Waals surface area contributed by atoms with Crippen LogP contribution in [0.25, 0.3) is 27.8 Å². The maximum Gasteiger partial charge on any atom is 0.156 e. The summed E-state index contributed by atoms with van der Waals surface area (Å²) in [6.45, 7) is 11.7. The van der Waals surface area contributed by atoms with Gasteiger partial charge in [0.05, 0.1) is 12.1 Å². The molecule has 8 heteroatoms. The van der Waals surface area contributed by atoms with Crippen molar-refractivity contribution in [2.75, 3.05) is 18.4 Å². The standard InChI is InChI=1S/C36H30N6O2/c1-21-15-25(20-43)16-27(18-37)34(21)44-24(4)29-7-5-8-30(22(29)2)31-9-6-10-32(23(31)3)42-36-33-26(11-12-38-36)17-28(19-41-33)35-39-13-14-40-35/h5-12,15-17,19-20H,4,13-14H2,1-3H3,(H,38,42)(H,39,40). The van der Waals surface area contributed by atoms with Gasteiger partial charge in [-0.1, -0.05) is 36.9 Å². The molecule has 216 valence electrons. The molecule has 0 atom stereocenters. The van der Waals surface area contributed by atoms with Gasteiger partial charge >= 0.3 is 0 Å². The summed E-state index contributed by atoms with van der Waals surface area (Å²) in [7, 11) is 0. The number of hydrogen-bond acceptors (Lipinski definition) is 8. The van der Waals surface area contributed by atoms with E-state index in [1.54, 1.807) is 12.3 Å². The molecule has 0 unspecified atom stereocenters. The zero-order chi connectivity index (χ0) is 30.8. The summed E-state index contributed by atoms with van der Waals surface area (Å²) in [5, 5.41) is 17.5. The number of benzene rings is 3. The second-order valence-corrected chi connectivity index (χ2v) is 10.7. The Labute approximate surface area is 255 Å². The molecule has 1 aliphatic heterocycles. The summed E-state index contributed by atoms with van der Waals surface area (Å²) in [5.41, 5.74) is 8.98. The largest absolute Gasteiger partial charge is 0.456 e. The molecule has 0 bridgehead atoms. The number of anilines is 2. The van der Waals surface area contributed by atoms with Crippen molar-refractivity contribution in [3.63, 3.8) is 0 Å². The van der Waals surface area contributed by atoms with Gasteiger partial charge < -0.3 is 15.4 Å². The van der Waals surface area contributed by atoms with Crippen LogP contribution in [0.4, 0.5) is 11.5 Å². The number of amidine groups is 1. The number of rotatable bonds is 8. The average molecular weight is 579 g/mol. The highest BCUT2D eigenvalue weighted by Crippen LogP contribution is 2.36. The second-order valence-electron chi connectivity index (χ2n) is 10.7. The highest BCUT2D eigenvalue weighted by Gasteiger charge is 2.17. The topological polar surface area (TPSA) is 112 Å². The molecular weight excluding hydrogens is 548 g/mol. The average Bonchev–Trinajstić information content (AvgIpc) is 3.58. The van der Waals surface area contributed by atoms with E-state index in [-0.39, 0.29) is 5.56 Å². The van der Waals surface area contributed by atoms with E-state index in [2.05, 4.69) is 58.4 Å². The van der Waals surface area contributed by atoms with Crippen molar-refractivity contribution in [1.29, 1.82) is 5.26 Å². The lowest BCUT2D eigenvalue weighted by Crippen LogP contribution is -2.19. The van der Waals surface area contributed by atoms with Crippen LogP contribution in [-0.2, 0) is 0 Å². The van der Waals surface area contributed by atoms with E-state index in [1.165, 1.54) is 6.07 Å². The molecule has 2 aromatic heterocycles. The van der Waals surface area contributed by atoms with E-state index in [9.17, 15) is 10.1 Å². The Morgan fingerprint density at radius 1 is 1.05 bits per heavy atom. The Bertz CT molecular complexity index is 2040. The summed E-state index contributed by atoms with van der Waals surface area (Å²) in [4.78, 5) is 25.1. The Hall–Kier alpha value is -5.81. The molecule has 0 saturated heterocycles. The molecule has 0 fully saturated rings.